The largest absolute Gasteiger partial charge is 0.330 e. The second-order valence-corrected chi connectivity index (χ2v) is 6.93. The molecule has 0 amide bonds. The second kappa shape index (κ2) is 6.93. The van der Waals surface area contributed by atoms with Crippen molar-refractivity contribution in [3.63, 3.8) is 0 Å². The Hall–Kier alpha value is -0.570. The van der Waals surface area contributed by atoms with Crippen molar-refractivity contribution in [1.82, 2.24) is 4.90 Å². The van der Waals surface area contributed by atoms with Crippen LogP contribution >= 0.6 is 12.4 Å². The van der Waals surface area contributed by atoms with Gasteiger partial charge in [0.1, 0.15) is 0 Å². The SMILES string of the molecule is CC(c1ccc(C(C)(C)C)cc1)N1CCC(CN)C1.Cl. The molecule has 0 spiro atoms. The minimum absolute atomic E-state index is 0. The summed E-state index contributed by atoms with van der Waals surface area (Å²) in [5, 5.41) is 0. The lowest BCUT2D eigenvalue weighted by Gasteiger charge is -2.26. The first kappa shape index (κ1) is 17.5. The molecular weight excluding hydrogens is 268 g/mol. The van der Waals surface area contributed by atoms with Crippen LogP contribution in [0.3, 0.4) is 0 Å². The zero-order valence-corrected chi connectivity index (χ0v) is 14.0. The van der Waals surface area contributed by atoms with Crippen molar-refractivity contribution in [2.45, 2.75) is 45.6 Å². The van der Waals surface area contributed by atoms with Crippen LogP contribution in [0.25, 0.3) is 0 Å². The predicted molar refractivity (Wildman–Crippen MR) is 89.5 cm³/mol. The molecule has 2 N–H and O–H groups in total. The summed E-state index contributed by atoms with van der Waals surface area (Å²) in [6, 6.07) is 9.65. The zero-order chi connectivity index (χ0) is 14.0. The second-order valence-electron chi connectivity index (χ2n) is 6.93. The van der Waals surface area contributed by atoms with Crippen molar-refractivity contribution in [1.29, 1.82) is 0 Å². The number of nitrogens with zero attached hydrogens (tertiary/aromatic N) is 1. The Labute approximate surface area is 130 Å². The number of nitrogens with two attached hydrogens (primary N) is 1. The lowest BCUT2D eigenvalue weighted by molar-refractivity contribution is 0.253. The van der Waals surface area contributed by atoms with Crippen LogP contribution in [0.1, 0.15) is 51.3 Å². The molecule has 0 bridgehead atoms. The molecule has 0 aliphatic carbocycles. The van der Waals surface area contributed by atoms with Crippen LogP contribution in [0.5, 0.6) is 0 Å². The highest BCUT2D eigenvalue weighted by Crippen LogP contribution is 2.29. The Morgan fingerprint density at radius 3 is 2.30 bits per heavy atom. The van der Waals surface area contributed by atoms with Crippen LogP contribution in [0.4, 0.5) is 0 Å². The van der Waals surface area contributed by atoms with E-state index in [1.165, 1.54) is 24.1 Å². The van der Waals surface area contributed by atoms with Gasteiger partial charge in [0, 0.05) is 12.6 Å². The lowest BCUT2D eigenvalue weighted by Crippen LogP contribution is -2.26. The van der Waals surface area contributed by atoms with Crippen LogP contribution in [0, 0.1) is 5.92 Å². The smallest absolute Gasteiger partial charge is 0.0320 e. The van der Waals surface area contributed by atoms with E-state index in [1.807, 2.05) is 0 Å². The van der Waals surface area contributed by atoms with Crippen molar-refractivity contribution < 1.29 is 0 Å². The lowest BCUT2D eigenvalue weighted by atomic mass is 9.86. The van der Waals surface area contributed by atoms with Crippen LogP contribution in [-0.2, 0) is 5.41 Å². The Morgan fingerprint density at radius 1 is 1.25 bits per heavy atom. The Kier molecular flexibility index (Phi) is 6.06. The van der Waals surface area contributed by atoms with Gasteiger partial charge in [0.05, 0.1) is 0 Å². The van der Waals surface area contributed by atoms with Gasteiger partial charge in [-0.1, -0.05) is 45.0 Å². The highest BCUT2D eigenvalue weighted by atomic mass is 35.5. The molecule has 2 unspecified atom stereocenters. The first-order valence-corrected chi connectivity index (χ1v) is 7.46. The Morgan fingerprint density at radius 2 is 1.85 bits per heavy atom. The molecule has 1 aromatic rings. The molecule has 1 saturated heterocycles. The van der Waals surface area contributed by atoms with Gasteiger partial charge in [0.15, 0.2) is 0 Å². The number of halogens is 1. The molecule has 114 valence electrons. The minimum Gasteiger partial charge on any atom is -0.330 e. The maximum atomic E-state index is 5.78. The third-order valence-corrected chi connectivity index (χ3v) is 4.46. The van der Waals surface area contributed by atoms with Gasteiger partial charge in [-0.25, -0.2) is 0 Å². The average molecular weight is 297 g/mol. The van der Waals surface area contributed by atoms with Crippen LogP contribution in [-0.4, -0.2) is 24.5 Å². The first-order valence-electron chi connectivity index (χ1n) is 7.46. The highest BCUT2D eigenvalue weighted by molar-refractivity contribution is 5.85. The standard InChI is InChI=1S/C17H28N2.ClH/c1-13(19-10-9-14(11-18)12-19)15-5-7-16(8-6-15)17(2,3)4;/h5-8,13-14H,9-12,18H2,1-4H3;1H. The quantitative estimate of drug-likeness (QED) is 0.920. The summed E-state index contributed by atoms with van der Waals surface area (Å²) in [7, 11) is 0. The van der Waals surface area contributed by atoms with E-state index in [0.29, 0.717) is 12.0 Å². The predicted octanol–water partition coefficient (Wildman–Crippen LogP) is 3.75. The molecule has 0 saturated carbocycles. The molecule has 2 rings (SSSR count). The maximum absolute atomic E-state index is 5.78. The normalized spacial score (nSPS) is 21.6. The summed E-state index contributed by atoms with van der Waals surface area (Å²) in [6.07, 6.45) is 1.25. The molecule has 0 aromatic heterocycles. The molecule has 1 aliphatic rings. The highest BCUT2D eigenvalue weighted by Gasteiger charge is 2.26. The number of benzene rings is 1. The van der Waals surface area contributed by atoms with Gasteiger partial charge >= 0.3 is 0 Å². The number of hydrogen-bond donors (Lipinski definition) is 1. The summed E-state index contributed by atoms with van der Waals surface area (Å²) in [4.78, 5) is 2.56. The van der Waals surface area contributed by atoms with Crippen LogP contribution < -0.4 is 5.73 Å². The van der Waals surface area contributed by atoms with Gasteiger partial charge in [0.25, 0.3) is 0 Å². The van der Waals surface area contributed by atoms with Gasteiger partial charge < -0.3 is 5.73 Å². The monoisotopic (exact) mass is 296 g/mol. The third kappa shape index (κ3) is 3.97. The number of likely N-dealkylation sites (tertiary alicyclic amines) is 1. The third-order valence-electron chi connectivity index (χ3n) is 4.46. The van der Waals surface area contributed by atoms with E-state index >= 15 is 0 Å². The first-order chi connectivity index (χ1) is 8.91. The van der Waals surface area contributed by atoms with E-state index in [9.17, 15) is 0 Å². The molecule has 0 radical (unpaired) electrons. The van der Waals surface area contributed by atoms with Gasteiger partial charge in [-0.05, 0) is 48.9 Å². The van der Waals surface area contributed by atoms with Crippen LogP contribution in [0.2, 0.25) is 0 Å². The molecule has 20 heavy (non-hydrogen) atoms. The van der Waals surface area contributed by atoms with E-state index in [1.54, 1.807) is 0 Å². The van der Waals surface area contributed by atoms with E-state index < -0.39 is 0 Å². The summed E-state index contributed by atoms with van der Waals surface area (Å²) < 4.78 is 0. The summed E-state index contributed by atoms with van der Waals surface area (Å²) in [5.41, 5.74) is 8.84. The topological polar surface area (TPSA) is 29.3 Å². The fourth-order valence-corrected chi connectivity index (χ4v) is 2.88. The van der Waals surface area contributed by atoms with Crippen molar-refractivity contribution in [2.24, 2.45) is 11.7 Å². The summed E-state index contributed by atoms with van der Waals surface area (Å²) in [5.74, 6) is 0.691. The van der Waals surface area contributed by atoms with Gasteiger partial charge in [0.2, 0.25) is 0 Å². The summed E-state index contributed by atoms with van der Waals surface area (Å²) in [6.45, 7) is 12.3. The number of rotatable bonds is 3. The Balaban J connectivity index is 0.00000200. The van der Waals surface area contributed by atoms with Crippen molar-refractivity contribution in [3.05, 3.63) is 35.4 Å². The molecule has 1 heterocycles. The molecule has 1 aliphatic heterocycles. The van der Waals surface area contributed by atoms with E-state index in [-0.39, 0.29) is 17.8 Å². The molecule has 3 heteroatoms. The summed E-state index contributed by atoms with van der Waals surface area (Å²) >= 11 is 0. The maximum Gasteiger partial charge on any atom is 0.0320 e. The molecule has 2 atom stereocenters. The van der Waals surface area contributed by atoms with Gasteiger partial charge in [-0.3, -0.25) is 4.90 Å². The van der Waals surface area contributed by atoms with Crippen molar-refractivity contribution in [3.8, 4) is 0 Å². The Bertz CT molecular complexity index is 408. The van der Waals surface area contributed by atoms with E-state index in [0.717, 1.165) is 13.1 Å². The van der Waals surface area contributed by atoms with E-state index in [4.69, 9.17) is 5.73 Å². The van der Waals surface area contributed by atoms with Crippen molar-refractivity contribution in [2.75, 3.05) is 19.6 Å². The molecule has 2 nitrogen and oxygen atoms in total. The fourth-order valence-electron chi connectivity index (χ4n) is 2.88. The van der Waals surface area contributed by atoms with Crippen LogP contribution in [0.15, 0.2) is 24.3 Å². The number of hydrogen-bond acceptors (Lipinski definition) is 2. The van der Waals surface area contributed by atoms with Gasteiger partial charge in [-0.2, -0.15) is 0 Å². The van der Waals surface area contributed by atoms with Gasteiger partial charge in [-0.15, -0.1) is 12.4 Å². The zero-order valence-electron chi connectivity index (χ0n) is 13.2. The minimum atomic E-state index is 0. The van der Waals surface area contributed by atoms with Crippen molar-refractivity contribution >= 4 is 12.4 Å². The van der Waals surface area contributed by atoms with E-state index in [2.05, 4.69) is 56.9 Å². The molecule has 1 aromatic carbocycles. The fraction of sp³-hybridized carbons (Fsp3) is 0.647. The molecule has 1 fully saturated rings. The average Bonchev–Trinajstić information content (AvgIpc) is 2.86. The molecular formula is C17H29ClN2.